The van der Waals surface area contributed by atoms with Crippen molar-refractivity contribution in [2.45, 2.75) is 33.2 Å². The molecule has 0 saturated carbocycles. The number of ether oxygens (including phenoxy) is 1. The molecule has 1 amide bonds. The smallest absolute Gasteiger partial charge is 0.418 e. The summed E-state index contributed by atoms with van der Waals surface area (Å²) in [6.45, 7) is 2.93. The van der Waals surface area contributed by atoms with Crippen molar-refractivity contribution in [1.82, 2.24) is 15.0 Å². The number of ketones is 1. The van der Waals surface area contributed by atoms with Crippen LogP contribution < -0.4 is 16.2 Å². The topological polar surface area (TPSA) is 233 Å². The number of amides is 1. The van der Waals surface area contributed by atoms with Gasteiger partial charge in [-0.3, -0.25) is 19.6 Å². The van der Waals surface area contributed by atoms with Crippen molar-refractivity contribution >= 4 is 63.6 Å². The van der Waals surface area contributed by atoms with Gasteiger partial charge < -0.3 is 21.0 Å². The zero-order chi connectivity index (χ0) is 26.7. The maximum atomic E-state index is 13.0. The molecule has 0 spiro atoms. The number of hydrogen-bond donors (Lipinski definition) is 4. The Balaban J connectivity index is 0.00000361. The molecule has 1 fully saturated rings. The van der Waals surface area contributed by atoms with E-state index in [9.17, 15) is 18.0 Å². The van der Waals surface area contributed by atoms with Crippen molar-refractivity contribution in [3.63, 3.8) is 0 Å². The summed E-state index contributed by atoms with van der Waals surface area (Å²) in [5.41, 5.74) is 10.1. The second-order valence-corrected chi connectivity index (χ2v) is 9.85. The number of nitrogens with zero attached hydrogens (tertiary/aromatic N) is 4. The summed E-state index contributed by atoms with van der Waals surface area (Å²) in [4.78, 5) is 38.6. The second kappa shape index (κ2) is 13.0. The van der Waals surface area contributed by atoms with Crippen LogP contribution in [0.2, 0.25) is 0 Å². The molecule has 1 aliphatic heterocycles. The number of anilines is 1. The third kappa shape index (κ3) is 7.84. The van der Waals surface area contributed by atoms with Crippen LogP contribution >= 0.6 is 24.8 Å². The normalized spacial score (nSPS) is 16.5. The van der Waals surface area contributed by atoms with Crippen LogP contribution in [0.1, 0.15) is 39.1 Å². The van der Waals surface area contributed by atoms with Gasteiger partial charge in [-0.05, 0) is 26.0 Å². The van der Waals surface area contributed by atoms with E-state index < -0.39 is 33.5 Å². The third-order valence-corrected chi connectivity index (χ3v) is 6.08. The van der Waals surface area contributed by atoms with Crippen LogP contribution in [0.3, 0.4) is 0 Å². The molecular formula is C20H29N7O8S3. The Kier molecular flexibility index (Phi) is 11.2. The third-order valence-electron chi connectivity index (χ3n) is 5.07. The number of carbonyl (C=O) groups excluding carboxylic acids is 2. The summed E-state index contributed by atoms with van der Waals surface area (Å²) < 4.78 is 40.6. The highest BCUT2D eigenvalue weighted by atomic mass is 32.3. The highest BCUT2D eigenvalue weighted by Gasteiger charge is 2.57. The Labute approximate surface area is 230 Å². The molecule has 0 radical (unpaired) electrons. The minimum atomic E-state index is -4.92. The minimum absolute atomic E-state index is 0. The molecule has 1 atom stereocenters. The number of nitrogen functional groups attached to an aromatic ring is 2. The van der Waals surface area contributed by atoms with Crippen molar-refractivity contribution in [2.24, 2.45) is 16.8 Å². The molecule has 38 heavy (non-hydrogen) atoms. The van der Waals surface area contributed by atoms with Crippen molar-refractivity contribution < 1.29 is 36.4 Å². The SMILES string of the molecule is C.CC1(C)C(CC(=O)/C(=N\OCCOc2ccc(C(=N)N)nc2)c2csc(N)n2)C(=O)N1OS(=O)(=O)O.S. The van der Waals surface area contributed by atoms with Gasteiger partial charge >= 0.3 is 10.4 Å². The summed E-state index contributed by atoms with van der Waals surface area (Å²) in [5, 5.41) is 13.4. The average Bonchev–Trinajstić information content (AvgIpc) is 3.23. The lowest BCUT2D eigenvalue weighted by Gasteiger charge is -2.50. The molecule has 2 aromatic heterocycles. The number of nitrogens with two attached hydrogens (primary N) is 2. The first-order valence-corrected chi connectivity index (χ1v) is 12.4. The lowest BCUT2D eigenvalue weighted by atomic mass is 9.74. The molecule has 1 saturated heterocycles. The number of Topliss-reactive ketones (excluding diaryl/α,β-unsaturated/α-hetero) is 1. The number of thiazole rings is 1. The van der Waals surface area contributed by atoms with E-state index in [2.05, 4.69) is 19.4 Å². The van der Waals surface area contributed by atoms with E-state index in [1.807, 2.05) is 0 Å². The van der Waals surface area contributed by atoms with E-state index in [0.717, 1.165) is 11.3 Å². The maximum absolute atomic E-state index is 13.0. The van der Waals surface area contributed by atoms with Crippen LogP contribution in [0.4, 0.5) is 5.13 Å². The van der Waals surface area contributed by atoms with Gasteiger partial charge in [-0.15, -0.1) is 15.6 Å². The number of hydroxylamine groups is 2. The number of carbonyl (C=O) groups is 2. The first kappa shape index (κ1) is 32.7. The van der Waals surface area contributed by atoms with Crippen LogP contribution in [0, 0.1) is 11.3 Å². The first-order chi connectivity index (χ1) is 16.8. The molecule has 1 aliphatic rings. The number of pyridine rings is 1. The van der Waals surface area contributed by atoms with E-state index in [1.165, 1.54) is 31.5 Å². The molecule has 18 heteroatoms. The predicted molar refractivity (Wildman–Crippen MR) is 144 cm³/mol. The van der Waals surface area contributed by atoms with Gasteiger partial charge in [-0.2, -0.15) is 27.0 Å². The lowest BCUT2D eigenvalue weighted by molar-refractivity contribution is -0.228. The Morgan fingerprint density at radius 1 is 1.32 bits per heavy atom. The Morgan fingerprint density at radius 3 is 2.50 bits per heavy atom. The molecule has 2 aromatic rings. The van der Waals surface area contributed by atoms with Gasteiger partial charge in [0.25, 0.3) is 5.91 Å². The van der Waals surface area contributed by atoms with E-state index in [-0.39, 0.29) is 62.9 Å². The minimum Gasteiger partial charge on any atom is -0.488 e. The number of oxime groups is 1. The van der Waals surface area contributed by atoms with Gasteiger partial charge in [0.1, 0.15) is 29.6 Å². The molecule has 15 nitrogen and oxygen atoms in total. The molecular weight excluding hydrogens is 562 g/mol. The molecule has 0 bridgehead atoms. The van der Waals surface area contributed by atoms with Gasteiger partial charge in [0.2, 0.25) is 0 Å². The van der Waals surface area contributed by atoms with Crippen LogP contribution in [-0.4, -0.2) is 70.0 Å². The van der Waals surface area contributed by atoms with Gasteiger partial charge in [0.15, 0.2) is 23.2 Å². The van der Waals surface area contributed by atoms with Crippen molar-refractivity contribution in [2.75, 3.05) is 18.9 Å². The number of rotatable bonds is 12. The molecule has 1 unspecified atom stereocenters. The number of hydrogen-bond acceptors (Lipinski definition) is 13. The van der Waals surface area contributed by atoms with Crippen LogP contribution in [0.15, 0.2) is 28.9 Å². The molecule has 0 aromatic carbocycles. The highest BCUT2D eigenvalue weighted by Crippen LogP contribution is 2.40. The zero-order valence-corrected chi connectivity index (χ0v) is 22.2. The summed E-state index contributed by atoms with van der Waals surface area (Å²) >= 11 is 1.07. The Hall–Kier alpha value is -3.32. The largest absolute Gasteiger partial charge is 0.488 e. The van der Waals surface area contributed by atoms with E-state index in [4.69, 9.17) is 31.0 Å². The van der Waals surface area contributed by atoms with E-state index in [1.54, 1.807) is 6.07 Å². The standard InChI is InChI=1S/C19H23N7O8S2.CH4.H2S/c1-19(2)11(17(28)26(19)34-36(29,30)31)7-14(27)15(13-9-35-18(22)24-13)25-33-6-5-32-10-3-4-12(16(20)21)23-8-10;;/h3-4,8-9,11H,5-7H2,1-2H3,(H3,20,21)(H2,22,24)(H,29,30,31);1H4;1H2/b25-15-;;. The molecule has 3 heterocycles. The fraction of sp³-hybridized carbons (Fsp3) is 0.400. The summed E-state index contributed by atoms with van der Waals surface area (Å²) in [5.74, 6) is -2.14. The van der Waals surface area contributed by atoms with Crippen LogP contribution in [-0.2, 0) is 29.1 Å². The molecule has 3 rings (SSSR count). The van der Waals surface area contributed by atoms with E-state index >= 15 is 0 Å². The highest BCUT2D eigenvalue weighted by molar-refractivity contribution is 7.80. The van der Waals surface area contributed by atoms with Gasteiger partial charge in [0, 0.05) is 11.8 Å². The maximum Gasteiger partial charge on any atom is 0.418 e. The Bertz CT molecular complexity index is 1300. The van der Waals surface area contributed by atoms with Crippen molar-refractivity contribution in [1.29, 1.82) is 5.41 Å². The fourth-order valence-corrected chi connectivity index (χ4v) is 4.22. The summed E-state index contributed by atoms with van der Waals surface area (Å²) in [6, 6.07) is 3.10. The van der Waals surface area contributed by atoms with Crippen molar-refractivity contribution in [3.05, 3.63) is 35.1 Å². The van der Waals surface area contributed by atoms with Gasteiger partial charge in [-0.1, -0.05) is 12.6 Å². The first-order valence-electron chi connectivity index (χ1n) is 10.2. The fourth-order valence-electron chi connectivity index (χ4n) is 3.22. The lowest BCUT2D eigenvalue weighted by Crippen LogP contribution is -2.68. The number of β-lactam (4-membered cyclic amide) rings is 1. The summed E-state index contributed by atoms with van der Waals surface area (Å²) in [6.07, 6.45) is 1.03. The quantitative estimate of drug-likeness (QED) is 0.0672. The summed E-state index contributed by atoms with van der Waals surface area (Å²) in [7, 11) is -4.92. The zero-order valence-electron chi connectivity index (χ0n) is 19.6. The molecule has 0 aliphatic carbocycles. The second-order valence-electron chi connectivity index (χ2n) is 7.95. The number of amidine groups is 1. The molecule has 210 valence electrons. The average molecular weight is 592 g/mol. The van der Waals surface area contributed by atoms with Crippen LogP contribution in [0.25, 0.3) is 0 Å². The number of aromatic nitrogens is 2. The molecule has 6 N–H and O–H groups in total. The van der Waals surface area contributed by atoms with Gasteiger partial charge in [0.05, 0.1) is 17.7 Å². The van der Waals surface area contributed by atoms with Gasteiger partial charge in [-0.25, -0.2) is 9.97 Å². The van der Waals surface area contributed by atoms with E-state index in [0.29, 0.717) is 16.5 Å². The predicted octanol–water partition coefficient (Wildman–Crippen LogP) is 0.884. The Morgan fingerprint density at radius 2 is 2.00 bits per heavy atom. The monoisotopic (exact) mass is 591 g/mol. The van der Waals surface area contributed by atoms with Crippen LogP contribution in [0.5, 0.6) is 5.75 Å². The van der Waals surface area contributed by atoms with Crippen molar-refractivity contribution in [3.8, 4) is 5.75 Å². The number of nitrogens with one attached hydrogen (secondary N) is 1.